The quantitative estimate of drug-likeness (QED) is 0.462. The van der Waals surface area contributed by atoms with Gasteiger partial charge in [-0.25, -0.2) is 0 Å². The van der Waals surface area contributed by atoms with Gasteiger partial charge in [-0.2, -0.15) is 5.10 Å². The molecule has 35 heavy (non-hydrogen) atoms. The third-order valence-electron chi connectivity index (χ3n) is 13.2. The van der Waals surface area contributed by atoms with Crippen molar-refractivity contribution in [1.29, 1.82) is 0 Å². The maximum Gasteiger partial charge on any atom is 0.0693 e. The molecule has 1 aliphatic heterocycles. The second kappa shape index (κ2) is 7.16. The highest BCUT2D eigenvalue weighted by atomic mass is 16.5. The van der Waals surface area contributed by atoms with Crippen LogP contribution in [0.1, 0.15) is 118 Å². The van der Waals surface area contributed by atoms with Crippen molar-refractivity contribution < 1.29 is 9.84 Å². The minimum absolute atomic E-state index is 0.0560. The zero-order chi connectivity index (χ0) is 25.2. The van der Waals surface area contributed by atoms with Gasteiger partial charge in [-0.3, -0.25) is 5.10 Å². The van der Waals surface area contributed by atoms with E-state index >= 15 is 0 Å². The van der Waals surface area contributed by atoms with Crippen LogP contribution in [0.2, 0.25) is 0 Å². The third-order valence-corrected chi connectivity index (χ3v) is 13.2. The van der Waals surface area contributed by atoms with E-state index in [1.807, 2.05) is 0 Å². The molecule has 0 unspecified atom stereocenters. The lowest BCUT2D eigenvalue weighted by molar-refractivity contribution is -0.243. The van der Waals surface area contributed by atoms with Gasteiger partial charge >= 0.3 is 0 Å². The highest BCUT2D eigenvalue weighted by molar-refractivity contribution is 5.34. The van der Waals surface area contributed by atoms with Gasteiger partial charge < -0.3 is 9.84 Å². The third kappa shape index (κ3) is 3.02. The van der Waals surface area contributed by atoms with Gasteiger partial charge in [-0.05, 0) is 124 Å². The summed E-state index contributed by atoms with van der Waals surface area (Å²) >= 11 is 0. The van der Waals surface area contributed by atoms with E-state index in [9.17, 15) is 5.11 Å². The molecule has 0 spiro atoms. The first-order valence-corrected chi connectivity index (χ1v) is 14.6. The van der Waals surface area contributed by atoms with Crippen LogP contribution in [0.5, 0.6) is 0 Å². The Labute approximate surface area is 213 Å². The van der Waals surface area contributed by atoms with Crippen molar-refractivity contribution in [2.75, 3.05) is 0 Å². The largest absolute Gasteiger partial charge is 0.393 e. The standard InChI is InChI=1S/C31H50N2O2/c1-26(2)12-9-13-31(8,35-26)20-10-14-30(7)24(20)21(34)16-23-28(5)17-19-18-32-33-25(19)27(3,4)22(28)11-15-29(23,30)6/h18,20-24,34H,9-17H2,1-8H3,(H,32,33)/t20-,21+,22-,23+,24-,28-,29+,30+,31+/m0/s1. The molecular weight excluding hydrogens is 432 g/mol. The van der Waals surface area contributed by atoms with E-state index < -0.39 is 0 Å². The molecule has 196 valence electrons. The number of aliphatic hydroxyl groups is 1. The minimum atomic E-state index is -0.236. The number of nitrogens with zero attached hydrogens (tertiary/aromatic N) is 1. The topological polar surface area (TPSA) is 58.1 Å². The number of aromatic amines is 1. The van der Waals surface area contributed by atoms with Crippen LogP contribution in [0.25, 0.3) is 0 Å². The Morgan fingerprint density at radius 3 is 2.34 bits per heavy atom. The molecule has 1 aromatic heterocycles. The highest BCUT2D eigenvalue weighted by Crippen LogP contribution is 2.75. The smallest absolute Gasteiger partial charge is 0.0693 e. The van der Waals surface area contributed by atoms with Crippen molar-refractivity contribution in [3.8, 4) is 0 Å². The molecule has 6 rings (SSSR count). The van der Waals surface area contributed by atoms with Crippen LogP contribution in [-0.4, -0.2) is 32.6 Å². The van der Waals surface area contributed by atoms with E-state index in [1.165, 1.54) is 43.4 Å². The number of rotatable bonds is 1. The van der Waals surface area contributed by atoms with Crippen LogP contribution in [0.3, 0.4) is 0 Å². The summed E-state index contributed by atoms with van der Waals surface area (Å²) in [5, 5.41) is 19.9. The zero-order valence-corrected chi connectivity index (χ0v) is 23.6. The molecule has 4 fully saturated rings. The summed E-state index contributed by atoms with van der Waals surface area (Å²) in [5.41, 5.74) is 3.28. The van der Waals surface area contributed by atoms with Gasteiger partial charge in [0.1, 0.15) is 0 Å². The molecule has 4 aliphatic carbocycles. The van der Waals surface area contributed by atoms with Crippen LogP contribution in [-0.2, 0) is 16.6 Å². The Balaban J connectivity index is 1.39. The molecule has 4 heteroatoms. The van der Waals surface area contributed by atoms with Crippen LogP contribution < -0.4 is 0 Å². The lowest BCUT2D eigenvalue weighted by Gasteiger charge is -2.70. The van der Waals surface area contributed by atoms with E-state index in [0.717, 1.165) is 25.7 Å². The molecular formula is C31H50N2O2. The van der Waals surface area contributed by atoms with Crippen LogP contribution in [0, 0.1) is 39.9 Å². The average molecular weight is 483 g/mol. The molecule has 3 saturated carbocycles. The Morgan fingerprint density at radius 2 is 1.63 bits per heavy atom. The van der Waals surface area contributed by atoms with Gasteiger partial charge in [0.25, 0.3) is 0 Å². The predicted octanol–water partition coefficient (Wildman–Crippen LogP) is 6.82. The zero-order valence-electron chi connectivity index (χ0n) is 23.6. The molecule has 2 N–H and O–H groups in total. The summed E-state index contributed by atoms with van der Waals surface area (Å²) in [6.45, 7) is 19.6. The maximum atomic E-state index is 12.1. The average Bonchev–Trinajstić information content (AvgIpc) is 3.35. The second-order valence-electron chi connectivity index (χ2n) is 15.7. The molecule has 0 aromatic carbocycles. The lowest BCUT2D eigenvalue weighted by atomic mass is 9.35. The van der Waals surface area contributed by atoms with E-state index in [4.69, 9.17) is 4.74 Å². The monoisotopic (exact) mass is 482 g/mol. The van der Waals surface area contributed by atoms with Crippen molar-refractivity contribution in [2.24, 2.45) is 39.9 Å². The molecule has 0 radical (unpaired) electrons. The fraction of sp³-hybridized carbons (Fsp3) is 0.903. The second-order valence-corrected chi connectivity index (χ2v) is 15.7. The van der Waals surface area contributed by atoms with Crippen LogP contribution in [0.15, 0.2) is 6.20 Å². The Morgan fingerprint density at radius 1 is 0.914 bits per heavy atom. The first-order valence-electron chi connectivity index (χ1n) is 14.6. The van der Waals surface area contributed by atoms with Gasteiger partial charge in [0.2, 0.25) is 0 Å². The number of hydrogen-bond acceptors (Lipinski definition) is 3. The molecule has 1 saturated heterocycles. The maximum absolute atomic E-state index is 12.1. The fourth-order valence-corrected chi connectivity index (χ4v) is 11.7. The molecule has 0 bridgehead atoms. The van der Waals surface area contributed by atoms with Crippen molar-refractivity contribution in [1.82, 2.24) is 10.2 Å². The Kier molecular flexibility index (Phi) is 5.00. The van der Waals surface area contributed by atoms with Gasteiger partial charge in [-0.1, -0.05) is 34.6 Å². The highest BCUT2D eigenvalue weighted by Gasteiger charge is 2.71. The summed E-state index contributed by atoms with van der Waals surface area (Å²) in [6, 6.07) is 0. The number of fused-ring (bicyclic) bond motifs is 6. The number of nitrogens with one attached hydrogen (secondary N) is 1. The summed E-state index contributed by atoms with van der Waals surface area (Å²) < 4.78 is 6.90. The lowest BCUT2D eigenvalue weighted by Crippen LogP contribution is -2.66. The van der Waals surface area contributed by atoms with E-state index in [-0.39, 0.29) is 39.0 Å². The van der Waals surface area contributed by atoms with Crippen molar-refractivity contribution in [3.63, 3.8) is 0 Å². The SMILES string of the molecule is CC1(C)CCC[C@](C)([C@H]2CC[C@]3(C)[C@@H]2[C@H](O)C[C@@H]2[C@@]4(C)Cc5cn[nH]c5C(C)(C)[C@@H]4CC[C@]23C)O1. The molecule has 2 heterocycles. The minimum Gasteiger partial charge on any atom is -0.393 e. The van der Waals surface area contributed by atoms with E-state index in [1.54, 1.807) is 0 Å². The first kappa shape index (κ1) is 24.5. The molecule has 1 aromatic rings. The van der Waals surface area contributed by atoms with Gasteiger partial charge in [0.15, 0.2) is 0 Å². The van der Waals surface area contributed by atoms with Gasteiger partial charge in [0.05, 0.1) is 23.5 Å². The van der Waals surface area contributed by atoms with Crippen molar-refractivity contribution >= 4 is 0 Å². The summed E-state index contributed by atoms with van der Waals surface area (Å²) in [7, 11) is 0. The molecule has 9 atom stereocenters. The summed E-state index contributed by atoms with van der Waals surface area (Å²) in [5.74, 6) is 1.94. The molecule has 4 nitrogen and oxygen atoms in total. The van der Waals surface area contributed by atoms with Crippen molar-refractivity contribution in [3.05, 3.63) is 17.5 Å². The van der Waals surface area contributed by atoms with Crippen molar-refractivity contribution in [2.45, 2.75) is 136 Å². The molecule has 5 aliphatic rings. The van der Waals surface area contributed by atoms with Crippen LogP contribution in [0.4, 0.5) is 0 Å². The Hall–Kier alpha value is -0.870. The number of ether oxygens (including phenoxy) is 1. The number of hydrogen-bond donors (Lipinski definition) is 2. The Bertz CT molecular complexity index is 1010. The van der Waals surface area contributed by atoms with Gasteiger partial charge in [0, 0.05) is 11.1 Å². The van der Waals surface area contributed by atoms with E-state index in [2.05, 4.69) is 71.8 Å². The fourth-order valence-electron chi connectivity index (χ4n) is 11.7. The van der Waals surface area contributed by atoms with Gasteiger partial charge in [-0.15, -0.1) is 0 Å². The predicted molar refractivity (Wildman–Crippen MR) is 140 cm³/mol. The van der Waals surface area contributed by atoms with E-state index in [0.29, 0.717) is 23.7 Å². The first-order chi connectivity index (χ1) is 16.2. The normalized spacial score (nSPS) is 52.2. The van der Waals surface area contributed by atoms with Crippen LogP contribution >= 0.6 is 0 Å². The summed E-state index contributed by atoms with van der Waals surface area (Å²) in [6.07, 6.45) is 12.4. The summed E-state index contributed by atoms with van der Waals surface area (Å²) in [4.78, 5) is 0. The number of aromatic nitrogens is 2. The number of aliphatic hydroxyl groups excluding tert-OH is 1. The molecule has 0 amide bonds. The number of H-pyrrole nitrogens is 1.